The van der Waals surface area contributed by atoms with Crippen LogP contribution < -0.4 is 0 Å². The van der Waals surface area contributed by atoms with Gasteiger partial charge in [-0.25, -0.2) is 4.79 Å². The number of ether oxygens (including phenoxy) is 2. The van der Waals surface area contributed by atoms with E-state index in [1.807, 2.05) is 0 Å². The molecule has 0 rings (SSSR count). The number of allylic oxidation sites excluding steroid dienone is 1. The molecule has 0 aromatic heterocycles. The van der Waals surface area contributed by atoms with E-state index in [1.165, 1.54) is 7.11 Å². The number of carbonyl (C=O) groups is 2. The molecule has 0 amide bonds. The summed E-state index contributed by atoms with van der Waals surface area (Å²) in [6, 6.07) is 0. The van der Waals surface area contributed by atoms with Gasteiger partial charge in [-0.1, -0.05) is 0 Å². The zero-order valence-corrected chi connectivity index (χ0v) is 5.57. The van der Waals surface area contributed by atoms with E-state index in [9.17, 15) is 9.59 Å². The topological polar surface area (TPSA) is 52.6 Å². The highest BCUT2D eigenvalue weighted by Crippen LogP contribution is 1.79. The molecule has 0 spiro atoms. The average molecular weight is 144 g/mol. The van der Waals surface area contributed by atoms with Crippen molar-refractivity contribution in [2.75, 3.05) is 13.9 Å². The molecule has 10 heavy (non-hydrogen) atoms. The van der Waals surface area contributed by atoms with Crippen LogP contribution in [-0.4, -0.2) is 26.2 Å². The number of rotatable bonds is 4. The number of esters is 1. The maximum atomic E-state index is 10.4. The summed E-state index contributed by atoms with van der Waals surface area (Å²) in [5.41, 5.74) is 0. The van der Waals surface area contributed by atoms with Gasteiger partial charge in [0.1, 0.15) is 6.29 Å². The second kappa shape index (κ2) is 5.97. The van der Waals surface area contributed by atoms with Gasteiger partial charge in [0.2, 0.25) is 0 Å². The first-order valence-corrected chi connectivity index (χ1v) is 2.58. The highest BCUT2D eigenvalue weighted by atomic mass is 16.7. The SMILES string of the molecule is COCOC(=O)/C=C/C=O. The maximum absolute atomic E-state index is 10.4. The van der Waals surface area contributed by atoms with Crippen LogP contribution in [0.4, 0.5) is 0 Å². The van der Waals surface area contributed by atoms with E-state index in [0.29, 0.717) is 6.29 Å². The summed E-state index contributed by atoms with van der Waals surface area (Å²) in [6.07, 6.45) is 2.57. The van der Waals surface area contributed by atoms with Gasteiger partial charge in [0.25, 0.3) is 0 Å². The first-order chi connectivity index (χ1) is 4.81. The van der Waals surface area contributed by atoms with Gasteiger partial charge in [0, 0.05) is 13.2 Å². The largest absolute Gasteiger partial charge is 0.435 e. The monoisotopic (exact) mass is 144 g/mol. The van der Waals surface area contributed by atoms with Gasteiger partial charge in [0.05, 0.1) is 0 Å². The van der Waals surface area contributed by atoms with E-state index in [4.69, 9.17) is 0 Å². The number of aldehydes is 1. The molecule has 0 bridgehead atoms. The average Bonchev–Trinajstić information content (AvgIpc) is 1.97. The molecule has 0 aliphatic rings. The van der Waals surface area contributed by atoms with Gasteiger partial charge in [-0.15, -0.1) is 0 Å². The van der Waals surface area contributed by atoms with Crippen LogP contribution in [0.5, 0.6) is 0 Å². The van der Waals surface area contributed by atoms with Crippen molar-refractivity contribution in [1.82, 2.24) is 0 Å². The lowest BCUT2D eigenvalue weighted by Crippen LogP contribution is -2.03. The minimum absolute atomic E-state index is 0.0952. The molecule has 0 heterocycles. The molecule has 4 heteroatoms. The predicted molar refractivity (Wildman–Crippen MR) is 33.2 cm³/mol. The lowest BCUT2D eigenvalue weighted by Gasteiger charge is -1.96. The fourth-order valence-corrected chi connectivity index (χ4v) is 0.283. The van der Waals surface area contributed by atoms with Crippen LogP contribution in [0.25, 0.3) is 0 Å². The Bertz CT molecular complexity index is 139. The third-order valence-electron chi connectivity index (χ3n) is 0.630. The second-order valence-corrected chi connectivity index (χ2v) is 1.37. The molecule has 0 aromatic rings. The summed E-state index contributed by atoms with van der Waals surface area (Å²) in [7, 11) is 1.40. The Kier molecular flexibility index (Phi) is 5.28. The van der Waals surface area contributed by atoms with Crippen molar-refractivity contribution in [2.24, 2.45) is 0 Å². The summed E-state index contributed by atoms with van der Waals surface area (Å²) >= 11 is 0. The highest BCUT2D eigenvalue weighted by molar-refractivity contribution is 5.86. The Hall–Kier alpha value is -1.16. The van der Waals surface area contributed by atoms with Crippen LogP contribution in [0.2, 0.25) is 0 Å². The predicted octanol–water partition coefficient (Wildman–Crippen LogP) is -0.111. The standard InChI is InChI=1S/C6H8O4/c1-9-5-10-6(8)3-2-4-7/h2-4H,5H2,1H3/b3-2+. The van der Waals surface area contributed by atoms with Crippen LogP contribution in [0.15, 0.2) is 12.2 Å². The van der Waals surface area contributed by atoms with Gasteiger partial charge in [-0.3, -0.25) is 4.79 Å². The van der Waals surface area contributed by atoms with Crippen LogP contribution in [0.3, 0.4) is 0 Å². The fourth-order valence-electron chi connectivity index (χ4n) is 0.283. The van der Waals surface area contributed by atoms with Crippen molar-refractivity contribution in [3.05, 3.63) is 12.2 Å². The van der Waals surface area contributed by atoms with Gasteiger partial charge >= 0.3 is 5.97 Å². The molecule has 0 atom stereocenters. The Morgan fingerprint density at radius 1 is 1.60 bits per heavy atom. The first-order valence-electron chi connectivity index (χ1n) is 2.58. The zero-order chi connectivity index (χ0) is 7.82. The molecule has 0 aliphatic carbocycles. The summed E-state index contributed by atoms with van der Waals surface area (Å²) in [4.78, 5) is 20.1. The van der Waals surface area contributed by atoms with Gasteiger partial charge in [-0.2, -0.15) is 0 Å². The summed E-state index contributed by atoms with van der Waals surface area (Å²) in [5, 5.41) is 0. The van der Waals surface area contributed by atoms with Crippen LogP contribution >= 0.6 is 0 Å². The molecule has 0 saturated heterocycles. The van der Waals surface area contributed by atoms with Crippen molar-refractivity contribution in [2.45, 2.75) is 0 Å². The molecular weight excluding hydrogens is 136 g/mol. The highest BCUT2D eigenvalue weighted by Gasteiger charge is 1.92. The third kappa shape index (κ3) is 4.99. The molecule has 0 aromatic carbocycles. The number of hydrogen-bond acceptors (Lipinski definition) is 4. The molecule has 0 N–H and O–H groups in total. The minimum atomic E-state index is -0.589. The molecular formula is C6H8O4. The van der Waals surface area contributed by atoms with Crippen molar-refractivity contribution in [1.29, 1.82) is 0 Å². The van der Waals surface area contributed by atoms with Crippen molar-refractivity contribution in [3.63, 3.8) is 0 Å². The molecule has 0 radical (unpaired) electrons. The minimum Gasteiger partial charge on any atom is -0.435 e. The van der Waals surface area contributed by atoms with Crippen LogP contribution in [-0.2, 0) is 19.1 Å². The number of hydrogen-bond donors (Lipinski definition) is 0. The Labute approximate surface area is 58.4 Å². The molecule has 4 nitrogen and oxygen atoms in total. The van der Waals surface area contributed by atoms with Gasteiger partial charge in [0.15, 0.2) is 6.79 Å². The van der Waals surface area contributed by atoms with E-state index >= 15 is 0 Å². The van der Waals surface area contributed by atoms with E-state index in [-0.39, 0.29) is 6.79 Å². The number of methoxy groups -OCH3 is 1. The van der Waals surface area contributed by atoms with Gasteiger partial charge in [-0.05, 0) is 6.08 Å². The number of carbonyl (C=O) groups excluding carboxylic acids is 2. The summed E-state index contributed by atoms with van der Waals surface area (Å²) in [6.45, 7) is -0.0952. The Morgan fingerprint density at radius 3 is 2.80 bits per heavy atom. The molecule has 0 unspecified atom stereocenters. The van der Waals surface area contributed by atoms with Crippen LogP contribution in [0.1, 0.15) is 0 Å². The lowest BCUT2D eigenvalue weighted by atomic mass is 10.5. The van der Waals surface area contributed by atoms with E-state index < -0.39 is 5.97 Å². The third-order valence-corrected chi connectivity index (χ3v) is 0.630. The van der Waals surface area contributed by atoms with E-state index in [0.717, 1.165) is 12.2 Å². The second-order valence-electron chi connectivity index (χ2n) is 1.37. The van der Waals surface area contributed by atoms with Crippen molar-refractivity contribution >= 4 is 12.3 Å². The zero-order valence-electron chi connectivity index (χ0n) is 5.57. The van der Waals surface area contributed by atoms with E-state index in [2.05, 4.69) is 9.47 Å². The lowest BCUT2D eigenvalue weighted by molar-refractivity contribution is -0.148. The van der Waals surface area contributed by atoms with Crippen molar-refractivity contribution in [3.8, 4) is 0 Å². The first kappa shape index (κ1) is 8.84. The van der Waals surface area contributed by atoms with Gasteiger partial charge < -0.3 is 9.47 Å². The maximum Gasteiger partial charge on any atom is 0.332 e. The van der Waals surface area contributed by atoms with Crippen molar-refractivity contribution < 1.29 is 19.1 Å². The molecule has 0 aliphatic heterocycles. The quantitative estimate of drug-likeness (QED) is 0.239. The molecule has 0 fully saturated rings. The molecule has 56 valence electrons. The van der Waals surface area contributed by atoms with Crippen LogP contribution in [0, 0.1) is 0 Å². The Morgan fingerprint density at radius 2 is 2.30 bits per heavy atom. The molecule has 0 saturated carbocycles. The normalized spacial score (nSPS) is 9.70. The Balaban J connectivity index is 3.43. The summed E-state index contributed by atoms with van der Waals surface area (Å²) in [5.74, 6) is -0.589. The van der Waals surface area contributed by atoms with E-state index in [1.54, 1.807) is 0 Å². The smallest absolute Gasteiger partial charge is 0.332 e. The summed E-state index contributed by atoms with van der Waals surface area (Å²) < 4.78 is 8.81. The fraction of sp³-hybridized carbons (Fsp3) is 0.333.